The molecule has 3 rings (SSSR count). The fourth-order valence-corrected chi connectivity index (χ4v) is 4.51. The van der Waals surface area contributed by atoms with Gasteiger partial charge >= 0.3 is 0 Å². The number of rotatable bonds is 5. The Morgan fingerprint density at radius 3 is 2.64 bits per heavy atom. The fourth-order valence-electron chi connectivity index (χ4n) is 2.41. The second-order valence-corrected chi connectivity index (χ2v) is 7.90. The smallest absolute Gasteiger partial charge is 0.230 e. The van der Waals surface area contributed by atoms with Crippen LogP contribution in [0.4, 0.5) is 4.39 Å². The van der Waals surface area contributed by atoms with Crippen LogP contribution in [0.2, 0.25) is 0 Å². The average molecular weight is 375 g/mol. The number of carbonyl (C=O) groups is 1. The summed E-state index contributed by atoms with van der Waals surface area (Å²) in [5.74, 6) is 0.627. The van der Waals surface area contributed by atoms with E-state index in [-0.39, 0.29) is 17.5 Å². The number of hydrogen-bond acceptors (Lipinski definition) is 5. The number of nitrogens with one attached hydrogen (secondary N) is 1. The van der Waals surface area contributed by atoms with Gasteiger partial charge in [-0.3, -0.25) is 4.79 Å². The Bertz CT molecular complexity index is 922. The van der Waals surface area contributed by atoms with Crippen LogP contribution >= 0.6 is 23.1 Å². The molecule has 3 aromatic rings. The SMILES string of the molecule is Cc1nc(SCC(=O)NCc2ccc(F)cc2)c2c(C)c(C)sc2n1. The first-order valence-corrected chi connectivity index (χ1v) is 9.62. The minimum Gasteiger partial charge on any atom is -0.351 e. The van der Waals surface area contributed by atoms with Crippen molar-refractivity contribution < 1.29 is 9.18 Å². The molecule has 0 radical (unpaired) electrons. The number of aryl methyl sites for hydroxylation is 3. The average Bonchev–Trinajstić information content (AvgIpc) is 2.86. The number of fused-ring (bicyclic) bond motifs is 1. The summed E-state index contributed by atoms with van der Waals surface area (Å²) in [6.45, 7) is 6.38. The molecular weight excluding hydrogens is 357 g/mol. The topological polar surface area (TPSA) is 54.9 Å². The fraction of sp³-hybridized carbons (Fsp3) is 0.278. The van der Waals surface area contributed by atoms with Gasteiger partial charge in [0.25, 0.3) is 0 Å². The number of benzene rings is 1. The van der Waals surface area contributed by atoms with Gasteiger partial charge in [-0.1, -0.05) is 23.9 Å². The number of hydrogen-bond donors (Lipinski definition) is 1. The minimum absolute atomic E-state index is 0.0802. The van der Waals surface area contributed by atoms with E-state index in [0.29, 0.717) is 12.4 Å². The van der Waals surface area contributed by atoms with Crippen molar-refractivity contribution in [3.8, 4) is 0 Å². The number of carbonyl (C=O) groups excluding carboxylic acids is 1. The highest BCUT2D eigenvalue weighted by Gasteiger charge is 2.15. The molecule has 1 aromatic carbocycles. The molecule has 0 saturated carbocycles. The number of halogens is 1. The Morgan fingerprint density at radius 1 is 1.20 bits per heavy atom. The zero-order valence-corrected chi connectivity index (χ0v) is 15.9. The second-order valence-electron chi connectivity index (χ2n) is 5.73. The molecule has 25 heavy (non-hydrogen) atoms. The molecule has 130 valence electrons. The molecule has 0 bridgehead atoms. The normalized spacial score (nSPS) is 11.0. The van der Waals surface area contributed by atoms with Crippen LogP contribution in [0, 0.1) is 26.6 Å². The maximum absolute atomic E-state index is 12.9. The summed E-state index contributed by atoms with van der Waals surface area (Å²) in [5.41, 5.74) is 2.04. The van der Waals surface area contributed by atoms with E-state index in [0.717, 1.165) is 20.8 Å². The predicted octanol–water partition coefficient (Wildman–Crippen LogP) is 4.16. The van der Waals surface area contributed by atoms with E-state index >= 15 is 0 Å². The van der Waals surface area contributed by atoms with Crippen LogP contribution in [0.3, 0.4) is 0 Å². The van der Waals surface area contributed by atoms with Crippen molar-refractivity contribution in [2.24, 2.45) is 0 Å². The molecule has 2 aromatic heterocycles. The second kappa shape index (κ2) is 7.49. The number of nitrogens with zero attached hydrogens (tertiary/aromatic N) is 2. The third-order valence-electron chi connectivity index (χ3n) is 3.85. The summed E-state index contributed by atoms with van der Waals surface area (Å²) in [6.07, 6.45) is 0. The van der Waals surface area contributed by atoms with Gasteiger partial charge in [-0.25, -0.2) is 14.4 Å². The highest BCUT2D eigenvalue weighted by atomic mass is 32.2. The molecule has 4 nitrogen and oxygen atoms in total. The summed E-state index contributed by atoms with van der Waals surface area (Å²) in [7, 11) is 0. The van der Waals surface area contributed by atoms with E-state index in [2.05, 4.69) is 29.1 Å². The first-order valence-electron chi connectivity index (χ1n) is 7.82. The molecule has 1 N–H and O–H groups in total. The Kier molecular flexibility index (Phi) is 5.34. The zero-order valence-electron chi connectivity index (χ0n) is 14.2. The van der Waals surface area contributed by atoms with Gasteiger partial charge in [0.1, 0.15) is 21.5 Å². The van der Waals surface area contributed by atoms with Crippen LogP contribution < -0.4 is 5.32 Å². The van der Waals surface area contributed by atoms with E-state index in [1.807, 2.05) is 6.92 Å². The molecule has 0 atom stereocenters. The van der Waals surface area contributed by atoms with Crippen molar-refractivity contribution >= 4 is 39.2 Å². The molecule has 0 aliphatic carbocycles. The third kappa shape index (κ3) is 4.16. The Balaban J connectivity index is 1.66. The van der Waals surface area contributed by atoms with Crippen molar-refractivity contribution in [1.29, 1.82) is 0 Å². The Morgan fingerprint density at radius 2 is 1.92 bits per heavy atom. The standard InChI is InChI=1S/C18H18FN3OS2/c1-10-11(2)25-18-16(10)17(21-12(3)22-18)24-9-15(23)20-8-13-4-6-14(19)7-5-13/h4-7H,8-9H2,1-3H3,(H,20,23). The maximum atomic E-state index is 12.9. The van der Waals surface area contributed by atoms with Crippen molar-refractivity contribution in [1.82, 2.24) is 15.3 Å². The van der Waals surface area contributed by atoms with Gasteiger partial charge in [0.15, 0.2) is 0 Å². The summed E-state index contributed by atoms with van der Waals surface area (Å²) in [6, 6.07) is 6.10. The maximum Gasteiger partial charge on any atom is 0.230 e. The molecule has 0 aliphatic rings. The molecule has 0 saturated heterocycles. The molecule has 7 heteroatoms. The molecular formula is C18H18FN3OS2. The quantitative estimate of drug-likeness (QED) is 0.537. The van der Waals surface area contributed by atoms with Gasteiger partial charge < -0.3 is 5.32 Å². The zero-order chi connectivity index (χ0) is 18.0. The highest BCUT2D eigenvalue weighted by Crippen LogP contribution is 2.34. The van der Waals surface area contributed by atoms with Crippen molar-refractivity contribution in [2.75, 3.05) is 5.75 Å². The van der Waals surface area contributed by atoms with Gasteiger partial charge in [-0.2, -0.15) is 0 Å². The van der Waals surface area contributed by atoms with E-state index < -0.39 is 0 Å². The number of amides is 1. The molecule has 0 spiro atoms. The van der Waals surface area contributed by atoms with E-state index in [1.165, 1.54) is 34.3 Å². The lowest BCUT2D eigenvalue weighted by atomic mass is 10.2. The summed E-state index contributed by atoms with van der Waals surface area (Å²) >= 11 is 3.08. The van der Waals surface area contributed by atoms with Crippen LogP contribution in [0.25, 0.3) is 10.2 Å². The van der Waals surface area contributed by atoms with Gasteiger partial charge in [0.05, 0.1) is 5.75 Å². The number of aromatic nitrogens is 2. The summed E-state index contributed by atoms with van der Waals surface area (Å²) < 4.78 is 12.9. The first kappa shape index (κ1) is 17.8. The van der Waals surface area contributed by atoms with E-state index in [4.69, 9.17) is 0 Å². The lowest BCUT2D eigenvalue weighted by Gasteiger charge is -2.07. The van der Waals surface area contributed by atoms with Gasteiger partial charge in [-0.15, -0.1) is 11.3 Å². The largest absolute Gasteiger partial charge is 0.351 e. The van der Waals surface area contributed by atoms with Gasteiger partial charge in [0.2, 0.25) is 5.91 Å². The van der Waals surface area contributed by atoms with Gasteiger partial charge in [0, 0.05) is 16.8 Å². The molecule has 0 unspecified atom stereocenters. The van der Waals surface area contributed by atoms with Crippen molar-refractivity contribution in [3.05, 3.63) is 51.9 Å². The van der Waals surface area contributed by atoms with Crippen molar-refractivity contribution in [3.63, 3.8) is 0 Å². The Hall–Kier alpha value is -1.99. The van der Waals surface area contributed by atoms with Crippen LogP contribution in [-0.4, -0.2) is 21.6 Å². The molecule has 0 aliphatic heterocycles. The number of thioether (sulfide) groups is 1. The predicted molar refractivity (Wildman–Crippen MR) is 101 cm³/mol. The third-order valence-corrected chi connectivity index (χ3v) is 5.93. The van der Waals surface area contributed by atoms with Gasteiger partial charge in [-0.05, 0) is 44.0 Å². The van der Waals surface area contributed by atoms with Crippen LogP contribution in [0.5, 0.6) is 0 Å². The van der Waals surface area contributed by atoms with Crippen LogP contribution in [-0.2, 0) is 11.3 Å². The Labute approximate surface area is 153 Å². The molecule has 0 fully saturated rings. The van der Waals surface area contributed by atoms with Crippen molar-refractivity contribution in [2.45, 2.75) is 32.3 Å². The van der Waals surface area contributed by atoms with Crippen LogP contribution in [0.1, 0.15) is 21.8 Å². The summed E-state index contributed by atoms with van der Waals surface area (Å²) in [5, 5.41) is 4.74. The van der Waals surface area contributed by atoms with E-state index in [9.17, 15) is 9.18 Å². The number of thiophene rings is 1. The minimum atomic E-state index is -0.282. The first-order chi connectivity index (χ1) is 11.9. The molecule has 1 amide bonds. The highest BCUT2D eigenvalue weighted by molar-refractivity contribution is 8.00. The monoisotopic (exact) mass is 375 g/mol. The lowest BCUT2D eigenvalue weighted by molar-refractivity contribution is -0.118. The summed E-state index contributed by atoms with van der Waals surface area (Å²) in [4.78, 5) is 23.3. The van der Waals surface area contributed by atoms with E-state index in [1.54, 1.807) is 23.5 Å². The van der Waals surface area contributed by atoms with Crippen LogP contribution in [0.15, 0.2) is 29.3 Å². The molecule has 2 heterocycles. The lowest BCUT2D eigenvalue weighted by Crippen LogP contribution is -2.24.